The Labute approximate surface area is 153 Å². The molecule has 0 saturated heterocycles. The molecule has 0 radical (unpaired) electrons. The molecule has 1 aromatic carbocycles. The van der Waals surface area contributed by atoms with Crippen LogP contribution in [0.5, 0.6) is 0 Å². The summed E-state index contributed by atoms with van der Waals surface area (Å²) >= 11 is 1.56. The third-order valence-electron chi connectivity index (χ3n) is 3.57. The van der Waals surface area contributed by atoms with E-state index in [1.54, 1.807) is 17.4 Å². The van der Waals surface area contributed by atoms with E-state index in [9.17, 15) is 14.0 Å². The normalized spacial score (nSPS) is 10.5. The minimum atomic E-state index is -0.385. The van der Waals surface area contributed by atoms with Crippen LogP contribution in [0, 0.1) is 5.82 Å². The zero-order valence-corrected chi connectivity index (χ0v) is 14.6. The number of nitrogens with one attached hydrogen (secondary N) is 2. The van der Waals surface area contributed by atoms with E-state index in [-0.39, 0.29) is 17.4 Å². The number of hydrogen-bond acceptors (Lipinski definition) is 4. The minimum absolute atomic E-state index is 0.180. The van der Waals surface area contributed by atoms with Gasteiger partial charge in [-0.15, -0.1) is 11.3 Å². The highest BCUT2D eigenvalue weighted by molar-refractivity contribution is 7.13. The summed E-state index contributed by atoms with van der Waals surface area (Å²) < 4.78 is 14.2. The second-order valence-corrected chi connectivity index (χ2v) is 6.45. The van der Waals surface area contributed by atoms with Gasteiger partial charge in [0.15, 0.2) is 0 Å². The van der Waals surface area contributed by atoms with E-state index in [0.29, 0.717) is 25.2 Å². The van der Waals surface area contributed by atoms with Gasteiger partial charge in [0.05, 0.1) is 4.88 Å². The van der Waals surface area contributed by atoms with Gasteiger partial charge in [-0.1, -0.05) is 6.07 Å². The molecule has 0 saturated carbocycles. The van der Waals surface area contributed by atoms with Gasteiger partial charge in [0, 0.05) is 24.8 Å². The molecular weight excluding hydrogens is 355 g/mol. The molecular formula is C18H17FN4O2S. The van der Waals surface area contributed by atoms with E-state index < -0.39 is 0 Å². The summed E-state index contributed by atoms with van der Waals surface area (Å²) in [4.78, 5) is 24.7. The second kappa shape index (κ2) is 8.39. The maximum atomic E-state index is 12.8. The lowest BCUT2D eigenvalue weighted by atomic mass is 10.3. The topological polar surface area (TPSA) is 76.0 Å². The fraction of sp³-hybridized carbons (Fsp3) is 0.167. The number of hydrogen-bond donors (Lipinski definition) is 2. The Hall–Kier alpha value is -3.00. The molecule has 0 aliphatic carbocycles. The highest BCUT2D eigenvalue weighted by Gasteiger charge is 2.05. The van der Waals surface area contributed by atoms with Crippen molar-refractivity contribution in [3.63, 3.8) is 0 Å². The monoisotopic (exact) mass is 372 g/mol. The summed E-state index contributed by atoms with van der Waals surface area (Å²) in [6.45, 7) is 0.777. The number of anilines is 1. The lowest BCUT2D eigenvalue weighted by Gasteiger charge is -2.09. The largest absolute Gasteiger partial charge is 0.338 e. The van der Waals surface area contributed by atoms with E-state index in [1.165, 1.54) is 35.0 Å². The van der Waals surface area contributed by atoms with E-state index in [0.717, 1.165) is 10.6 Å². The molecule has 0 unspecified atom stereocenters. The number of aromatic nitrogens is 2. The molecule has 8 heteroatoms. The zero-order valence-electron chi connectivity index (χ0n) is 13.8. The fourth-order valence-electron chi connectivity index (χ4n) is 2.30. The van der Waals surface area contributed by atoms with Crippen LogP contribution >= 0.6 is 11.3 Å². The molecule has 0 fully saturated rings. The number of benzene rings is 1. The SMILES string of the molecule is O=C(NCCCn1nc(-c2cccs2)ccc1=O)Nc1ccc(F)cc1. The molecule has 26 heavy (non-hydrogen) atoms. The van der Waals surface area contributed by atoms with Crippen molar-refractivity contribution in [3.05, 3.63) is 70.1 Å². The molecule has 0 spiro atoms. The standard InChI is InChI=1S/C18H17FN4O2S/c19-13-4-6-14(7-5-13)21-18(25)20-10-2-11-23-17(24)9-8-15(22-23)16-3-1-12-26-16/h1,3-9,12H,2,10-11H2,(H2,20,21,25). The first-order chi connectivity index (χ1) is 12.6. The zero-order chi connectivity index (χ0) is 18.4. The van der Waals surface area contributed by atoms with Gasteiger partial charge in [-0.25, -0.2) is 13.9 Å². The Morgan fingerprint density at radius 3 is 2.69 bits per heavy atom. The molecule has 0 aliphatic rings. The lowest BCUT2D eigenvalue weighted by molar-refractivity contribution is 0.251. The molecule has 6 nitrogen and oxygen atoms in total. The second-order valence-electron chi connectivity index (χ2n) is 5.50. The Balaban J connectivity index is 1.49. The summed E-state index contributed by atoms with van der Waals surface area (Å²) in [5.74, 6) is -0.362. The maximum Gasteiger partial charge on any atom is 0.319 e. The summed E-state index contributed by atoms with van der Waals surface area (Å²) in [7, 11) is 0. The number of rotatable bonds is 6. The van der Waals surface area contributed by atoms with Crippen molar-refractivity contribution in [1.82, 2.24) is 15.1 Å². The molecule has 2 aromatic heterocycles. The highest BCUT2D eigenvalue weighted by atomic mass is 32.1. The molecule has 0 aliphatic heterocycles. The number of halogens is 1. The molecule has 2 heterocycles. The van der Waals surface area contributed by atoms with Crippen LogP contribution < -0.4 is 16.2 Å². The number of carbonyl (C=O) groups is 1. The van der Waals surface area contributed by atoms with Gasteiger partial charge < -0.3 is 10.6 Å². The molecule has 3 rings (SSSR count). The van der Waals surface area contributed by atoms with Crippen LogP contribution in [-0.4, -0.2) is 22.4 Å². The molecule has 134 valence electrons. The Morgan fingerprint density at radius 2 is 1.96 bits per heavy atom. The Bertz CT molecular complexity index is 923. The van der Waals surface area contributed by atoms with Crippen molar-refractivity contribution in [3.8, 4) is 10.6 Å². The lowest BCUT2D eigenvalue weighted by Crippen LogP contribution is -2.31. The summed E-state index contributed by atoms with van der Waals surface area (Å²) in [6, 6.07) is 12.2. The first-order valence-corrected chi connectivity index (χ1v) is 8.92. The average molecular weight is 372 g/mol. The van der Waals surface area contributed by atoms with Crippen molar-refractivity contribution >= 4 is 23.1 Å². The van der Waals surface area contributed by atoms with Gasteiger partial charge in [-0.2, -0.15) is 5.10 Å². The van der Waals surface area contributed by atoms with Gasteiger partial charge in [0.25, 0.3) is 5.56 Å². The first kappa shape index (κ1) is 17.8. The van der Waals surface area contributed by atoms with E-state index in [2.05, 4.69) is 15.7 Å². The predicted octanol–water partition coefficient (Wildman–Crippen LogP) is 3.32. The number of nitrogens with zero attached hydrogens (tertiary/aromatic N) is 2. The van der Waals surface area contributed by atoms with Crippen LogP contribution in [0.4, 0.5) is 14.9 Å². The number of aryl methyl sites for hydroxylation is 1. The van der Waals surface area contributed by atoms with Crippen LogP contribution in [0.3, 0.4) is 0 Å². The number of carbonyl (C=O) groups excluding carboxylic acids is 1. The summed E-state index contributed by atoms with van der Waals surface area (Å²) in [5, 5.41) is 11.6. The summed E-state index contributed by atoms with van der Waals surface area (Å²) in [5.41, 5.74) is 1.08. The van der Waals surface area contributed by atoms with Crippen LogP contribution in [0.25, 0.3) is 10.6 Å². The van der Waals surface area contributed by atoms with E-state index in [4.69, 9.17) is 0 Å². The molecule has 0 bridgehead atoms. The number of amides is 2. The molecule has 2 N–H and O–H groups in total. The number of thiophene rings is 1. The van der Waals surface area contributed by atoms with Gasteiger partial charge in [0.1, 0.15) is 11.5 Å². The predicted molar refractivity (Wildman–Crippen MR) is 99.8 cm³/mol. The van der Waals surface area contributed by atoms with Crippen LogP contribution in [0.15, 0.2) is 58.7 Å². The van der Waals surface area contributed by atoms with Crippen molar-refractivity contribution in [2.24, 2.45) is 0 Å². The molecule has 0 atom stereocenters. The number of urea groups is 1. The highest BCUT2D eigenvalue weighted by Crippen LogP contribution is 2.21. The van der Waals surface area contributed by atoms with Crippen LogP contribution in [-0.2, 0) is 6.54 Å². The van der Waals surface area contributed by atoms with Crippen LogP contribution in [0.1, 0.15) is 6.42 Å². The van der Waals surface area contributed by atoms with E-state index in [1.807, 2.05) is 17.5 Å². The molecule has 2 amide bonds. The quantitative estimate of drug-likeness (QED) is 0.652. The smallest absolute Gasteiger partial charge is 0.319 e. The van der Waals surface area contributed by atoms with Crippen LogP contribution in [0.2, 0.25) is 0 Å². The Kier molecular flexibility index (Phi) is 5.75. The average Bonchev–Trinajstić information content (AvgIpc) is 3.17. The van der Waals surface area contributed by atoms with Gasteiger partial charge in [0.2, 0.25) is 0 Å². The maximum absolute atomic E-state index is 12.8. The van der Waals surface area contributed by atoms with E-state index >= 15 is 0 Å². The first-order valence-electron chi connectivity index (χ1n) is 8.04. The van der Waals surface area contributed by atoms with Crippen molar-refractivity contribution < 1.29 is 9.18 Å². The van der Waals surface area contributed by atoms with Gasteiger partial charge in [-0.3, -0.25) is 4.79 Å². The van der Waals surface area contributed by atoms with Crippen molar-refractivity contribution in [1.29, 1.82) is 0 Å². The minimum Gasteiger partial charge on any atom is -0.338 e. The van der Waals surface area contributed by atoms with Gasteiger partial charge in [-0.05, 0) is 48.2 Å². The third kappa shape index (κ3) is 4.76. The third-order valence-corrected chi connectivity index (χ3v) is 4.47. The summed E-state index contributed by atoms with van der Waals surface area (Å²) in [6.07, 6.45) is 0.553. The fourth-order valence-corrected chi connectivity index (χ4v) is 2.99. The van der Waals surface area contributed by atoms with Gasteiger partial charge >= 0.3 is 6.03 Å². The molecule has 3 aromatic rings. The van der Waals surface area contributed by atoms with Crippen molar-refractivity contribution in [2.75, 3.05) is 11.9 Å². The Morgan fingerprint density at radius 1 is 1.15 bits per heavy atom. The van der Waals surface area contributed by atoms with Crippen molar-refractivity contribution in [2.45, 2.75) is 13.0 Å².